The van der Waals surface area contributed by atoms with Crippen LogP contribution in [0.4, 0.5) is 0 Å². The molecule has 0 spiro atoms. The number of azide groups is 1. The second kappa shape index (κ2) is 9.06. The van der Waals surface area contributed by atoms with Gasteiger partial charge in [-0.1, -0.05) is 29.4 Å². The third-order valence-corrected chi connectivity index (χ3v) is 6.47. The highest BCUT2D eigenvalue weighted by molar-refractivity contribution is 8.00. The second-order valence-corrected chi connectivity index (χ2v) is 8.11. The van der Waals surface area contributed by atoms with Crippen LogP contribution >= 0.6 is 11.8 Å². The molecular weight excluding hydrogens is 430 g/mol. The fourth-order valence-corrected chi connectivity index (χ4v) is 4.88. The second-order valence-electron chi connectivity index (χ2n) is 7.00. The Morgan fingerprint density at radius 2 is 2.00 bits per heavy atom. The summed E-state index contributed by atoms with van der Waals surface area (Å²) in [5.41, 5.74) is 11.5. The summed E-state index contributed by atoms with van der Waals surface area (Å²) in [5, 5.41) is 12.2. The predicted octanol–water partition coefficient (Wildman–Crippen LogP) is 3.62. The summed E-state index contributed by atoms with van der Waals surface area (Å²) >= 11 is 1.41. The summed E-state index contributed by atoms with van der Waals surface area (Å²) in [5.74, 6) is 0.0270. The Kier molecular flexibility index (Phi) is 6.03. The number of nitriles is 1. The molecule has 0 aromatic heterocycles. The summed E-state index contributed by atoms with van der Waals surface area (Å²) in [6, 6.07) is 15.1. The number of esters is 1. The molecule has 2 aliphatic rings. The van der Waals surface area contributed by atoms with Crippen LogP contribution in [0.5, 0.6) is 5.75 Å². The SMILES string of the molecule is COc1ccc(COC(=O)C2=C(c3ccc(C#N)cc3)CS[C@H]3[C@@H](N=[N+]=[N-])C(=O)N23)cc1. The topological polar surface area (TPSA) is 128 Å². The van der Waals surface area contributed by atoms with Crippen LogP contribution < -0.4 is 4.74 Å². The van der Waals surface area contributed by atoms with Crippen LogP contribution in [0.25, 0.3) is 16.0 Å². The molecule has 2 atom stereocenters. The molecule has 0 aliphatic carbocycles. The van der Waals surface area contributed by atoms with E-state index in [0.29, 0.717) is 28.2 Å². The Labute approximate surface area is 187 Å². The molecule has 2 aliphatic heterocycles. The minimum absolute atomic E-state index is 0.0204. The number of amides is 1. The summed E-state index contributed by atoms with van der Waals surface area (Å²) < 4.78 is 10.7. The lowest BCUT2D eigenvalue weighted by atomic mass is 9.98. The third kappa shape index (κ3) is 3.87. The number of thioether (sulfide) groups is 1. The molecule has 160 valence electrons. The van der Waals surface area contributed by atoms with Crippen molar-refractivity contribution >= 4 is 29.2 Å². The van der Waals surface area contributed by atoms with E-state index in [-0.39, 0.29) is 12.3 Å². The van der Waals surface area contributed by atoms with Crippen LogP contribution in [-0.4, -0.2) is 41.1 Å². The molecule has 32 heavy (non-hydrogen) atoms. The van der Waals surface area contributed by atoms with E-state index in [1.165, 1.54) is 16.7 Å². The van der Waals surface area contributed by atoms with E-state index < -0.39 is 23.3 Å². The summed E-state index contributed by atoms with van der Waals surface area (Å²) in [7, 11) is 1.57. The van der Waals surface area contributed by atoms with Gasteiger partial charge in [0, 0.05) is 16.2 Å². The van der Waals surface area contributed by atoms with Gasteiger partial charge < -0.3 is 9.47 Å². The lowest BCUT2D eigenvalue weighted by Crippen LogP contribution is -2.63. The summed E-state index contributed by atoms with van der Waals surface area (Å²) in [4.78, 5) is 29.9. The molecule has 0 N–H and O–H groups in total. The Hall–Kier alpha value is -3.93. The number of ether oxygens (including phenoxy) is 2. The maximum Gasteiger partial charge on any atom is 0.355 e. The van der Waals surface area contributed by atoms with Crippen LogP contribution in [0.3, 0.4) is 0 Å². The van der Waals surface area contributed by atoms with Crippen LogP contribution in [0.1, 0.15) is 16.7 Å². The van der Waals surface area contributed by atoms with Crippen LogP contribution in [0.15, 0.2) is 59.3 Å². The number of methoxy groups -OCH3 is 1. The third-order valence-electron chi connectivity index (χ3n) is 5.20. The zero-order chi connectivity index (χ0) is 22.7. The first-order valence-corrected chi connectivity index (χ1v) is 10.6. The van der Waals surface area contributed by atoms with Gasteiger partial charge in [-0.15, -0.1) is 11.8 Å². The van der Waals surface area contributed by atoms with Gasteiger partial charge in [0.15, 0.2) is 0 Å². The molecule has 0 unspecified atom stereocenters. The van der Waals surface area contributed by atoms with Crippen molar-refractivity contribution in [3.8, 4) is 11.8 Å². The minimum Gasteiger partial charge on any atom is -0.497 e. The van der Waals surface area contributed by atoms with Gasteiger partial charge in [0.25, 0.3) is 0 Å². The monoisotopic (exact) mass is 447 g/mol. The van der Waals surface area contributed by atoms with Gasteiger partial charge in [-0.25, -0.2) is 4.79 Å². The maximum absolute atomic E-state index is 13.1. The quantitative estimate of drug-likeness (QED) is 0.219. The van der Waals surface area contributed by atoms with Gasteiger partial charge in [-0.2, -0.15) is 5.26 Å². The van der Waals surface area contributed by atoms with E-state index in [1.807, 2.05) is 0 Å². The molecule has 1 saturated heterocycles. The normalized spacial score (nSPS) is 19.2. The largest absolute Gasteiger partial charge is 0.497 e. The Morgan fingerprint density at radius 3 is 2.62 bits per heavy atom. The van der Waals surface area contributed by atoms with Crippen molar-refractivity contribution in [2.75, 3.05) is 12.9 Å². The van der Waals surface area contributed by atoms with Crippen molar-refractivity contribution < 1.29 is 19.1 Å². The van der Waals surface area contributed by atoms with Crippen molar-refractivity contribution in [1.29, 1.82) is 5.26 Å². The smallest absolute Gasteiger partial charge is 0.355 e. The number of nitrogens with zero attached hydrogens (tertiary/aromatic N) is 5. The number of benzene rings is 2. The molecule has 2 aromatic rings. The van der Waals surface area contributed by atoms with Crippen LogP contribution in [0, 0.1) is 11.3 Å². The van der Waals surface area contributed by atoms with E-state index >= 15 is 0 Å². The minimum atomic E-state index is -0.850. The molecule has 1 amide bonds. The molecule has 9 nitrogen and oxygen atoms in total. The maximum atomic E-state index is 13.1. The number of hydrogen-bond acceptors (Lipinski definition) is 7. The lowest BCUT2D eigenvalue weighted by Gasteiger charge is -2.48. The highest BCUT2D eigenvalue weighted by Crippen LogP contribution is 2.44. The number of β-lactam (4-membered cyclic amide) rings is 1. The van der Waals surface area contributed by atoms with Gasteiger partial charge >= 0.3 is 5.97 Å². The van der Waals surface area contributed by atoms with Crippen molar-refractivity contribution in [3.63, 3.8) is 0 Å². The van der Waals surface area contributed by atoms with E-state index in [4.69, 9.17) is 20.3 Å². The number of fused-ring (bicyclic) bond motifs is 1. The first-order chi connectivity index (χ1) is 15.6. The first kappa shape index (κ1) is 21.3. The number of hydrogen-bond donors (Lipinski definition) is 0. The average molecular weight is 447 g/mol. The molecule has 0 radical (unpaired) electrons. The van der Waals surface area contributed by atoms with Gasteiger partial charge in [-0.3, -0.25) is 9.69 Å². The lowest BCUT2D eigenvalue weighted by molar-refractivity contribution is -0.151. The molecule has 4 rings (SSSR count). The molecule has 2 heterocycles. The van der Waals surface area contributed by atoms with Crippen molar-refractivity contribution in [2.45, 2.75) is 18.0 Å². The first-order valence-electron chi connectivity index (χ1n) is 9.60. The van der Waals surface area contributed by atoms with Gasteiger partial charge in [0.2, 0.25) is 5.91 Å². The molecule has 1 fully saturated rings. The molecular formula is C22H17N5O4S. The fraction of sp³-hybridized carbons (Fsp3) is 0.227. The number of carbonyl (C=O) groups excluding carboxylic acids is 2. The van der Waals surface area contributed by atoms with Crippen LogP contribution in [0.2, 0.25) is 0 Å². The summed E-state index contributed by atoms with van der Waals surface area (Å²) in [6.07, 6.45) is 0. The zero-order valence-corrected chi connectivity index (χ0v) is 17.8. The van der Waals surface area contributed by atoms with Crippen molar-refractivity contribution in [1.82, 2.24) is 4.90 Å². The standard InChI is InChI=1S/C22H17N5O4S/c1-30-16-8-4-14(5-9-16)11-31-22(29)19-17(15-6-2-13(10-23)3-7-15)12-32-21-18(25-26-24)20(28)27(19)21/h2-9,18,21H,11-12H2,1H3/t18-,21-/m0/s1. The van der Waals surface area contributed by atoms with Crippen LogP contribution in [-0.2, 0) is 20.9 Å². The van der Waals surface area contributed by atoms with Gasteiger partial charge in [0.05, 0.1) is 18.7 Å². The molecule has 0 saturated carbocycles. The highest BCUT2D eigenvalue weighted by atomic mass is 32.2. The Morgan fingerprint density at radius 1 is 1.28 bits per heavy atom. The number of carbonyl (C=O) groups is 2. The molecule has 0 bridgehead atoms. The zero-order valence-electron chi connectivity index (χ0n) is 17.0. The van der Waals surface area contributed by atoms with E-state index in [0.717, 1.165) is 5.56 Å². The van der Waals surface area contributed by atoms with E-state index in [9.17, 15) is 9.59 Å². The van der Waals surface area contributed by atoms with Crippen molar-refractivity contribution in [3.05, 3.63) is 81.4 Å². The number of rotatable bonds is 6. The predicted molar refractivity (Wildman–Crippen MR) is 117 cm³/mol. The van der Waals surface area contributed by atoms with E-state index in [1.54, 1.807) is 55.6 Å². The van der Waals surface area contributed by atoms with Crippen molar-refractivity contribution in [2.24, 2.45) is 5.11 Å². The highest BCUT2D eigenvalue weighted by Gasteiger charge is 2.53. The molecule has 10 heteroatoms. The van der Waals surface area contributed by atoms with E-state index in [2.05, 4.69) is 16.1 Å². The van der Waals surface area contributed by atoms with Gasteiger partial charge in [-0.05, 0) is 40.9 Å². The van der Waals surface area contributed by atoms with Gasteiger partial charge in [0.1, 0.15) is 29.5 Å². The fourth-order valence-electron chi connectivity index (χ4n) is 3.52. The summed E-state index contributed by atoms with van der Waals surface area (Å²) in [6.45, 7) is 0.0204. The Balaban J connectivity index is 1.65. The average Bonchev–Trinajstić information content (AvgIpc) is 2.85. The Bertz CT molecular complexity index is 1180. The molecule has 2 aromatic carbocycles.